The van der Waals surface area contributed by atoms with E-state index in [1.54, 1.807) is 23.5 Å². The Morgan fingerprint density at radius 1 is 1.24 bits per heavy atom. The number of amides is 1. The Morgan fingerprint density at radius 3 is 2.68 bits per heavy atom. The SMILES string of the molecule is CCNC(=O)CN(CC)c1ncnc2cc(-c3ccc(F)cc3)sc12. The van der Waals surface area contributed by atoms with Crippen LogP contribution in [0.25, 0.3) is 20.7 Å². The lowest BCUT2D eigenvalue weighted by atomic mass is 10.2. The van der Waals surface area contributed by atoms with E-state index in [0.717, 1.165) is 26.5 Å². The zero-order chi connectivity index (χ0) is 17.8. The molecule has 3 rings (SSSR count). The first-order chi connectivity index (χ1) is 12.1. The second kappa shape index (κ2) is 7.57. The quantitative estimate of drug-likeness (QED) is 0.733. The fourth-order valence-electron chi connectivity index (χ4n) is 2.59. The summed E-state index contributed by atoms with van der Waals surface area (Å²) in [5.74, 6) is 0.452. The Labute approximate surface area is 149 Å². The number of fused-ring (bicyclic) bond motifs is 1. The molecule has 0 radical (unpaired) electrons. The van der Waals surface area contributed by atoms with Gasteiger partial charge >= 0.3 is 0 Å². The summed E-state index contributed by atoms with van der Waals surface area (Å²) in [6.07, 6.45) is 1.51. The van der Waals surface area contributed by atoms with Gasteiger partial charge in [-0.1, -0.05) is 12.1 Å². The maximum absolute atomic E-state index is 13.1. The summed E-state index contributed by atoms with van der Waals surface area (Å²) in [4.78, 5) is 23.6. The van der Waals surface area contributed by atoms with E-state index in [1.165, 1.54) is 18.5 Å². The van der Waals surface area contributed by atoms with Crippen molar-refractivity contribution in [1.82, 2.24) is 15.3 Å². The van der Waals surface area contributed by atoms with Gasteiger partial charge in [0.1, 0.15) is 12.1 Å². The third-order valence-corrected chi connectivity index (χ3v) is 4.98. The Kier molecular flexibility index (Phi) is 5.23. The lowest BCUT2D eigenvalue weighted by Crippen LogP contribution is -2.37. The molecule has 0 aliphatic heterocycles. The minimum atomic E-state index is -0.260. The van der Waals surface area contributed by atoms with Crippen LogP contribution in [0.4, 0.5) is 10.2 Å². The standard InChI is InChI=1S/C18H19FN4OS/c1-3-20-16(24)10-23(4-2)18-17-14(21-11-22-18)9-15(25-17)12-5-7-13(19)8-6-12/h5-9,11H,3-4,10H2,1-2H3,(H,20,24). The normalized spacial score (nSPS) is 10.8. The summed E-state index contributed by atoms with van der Waals surface area (Å²) in [5.41, 5.74) is 1.76. The molecule has 0 aliphatic rings. The molecular weight excluding hydrogens is 339 g/mol. The van der Waals surface area contributed by atoms with Gasteiger partial charge in [-0.3, -0.25) is 4.79 Å². The minimum Gasteiger partial charge on any atom is -0.355 e. The van der Waals surface area contributed by atoms with Gasteiger partial charge in [0.2, 0.25) is 5.91 Å². The van der Waals surface area contributed by atoms with Crippen molar-refractivity contribution in [2.45, 2.75) is 13.8 Å². The van der Waals surface area contributed by atoms with E-state index in [0.29, 0.717) is 13.1 Å². The summed E-state index contributed by atoms with van der Waals surface area (Å²) in [7, 11) is 0. The van der Waals surface area contributed by atoms with E-state index in [-0.39, 0.29) is 18.3 Å². The number of nitrogens with one attached hydrogen (secondary N) is 1. The first-order valence-electron chi connectivity index (χ1n) is 8.14. The molecule has 25 heavy (non-hydrogen) atoms. The molecule has 0 unspecified atom stereocenters. The highest BCUT2D eigenvalue weighted by atomic mass is 32.1. The number of nitrogens with zero attached hydrogens (tertiary/aromatic N) is 3. The second-order valence-corrected chi connectivity index (χ2v) is 6.55. The van der Waals surface area contributed by atoms with Crippen LogP contribution in [0.5, 0.6) is 0 Å². The van der Waals surface area contributed by atoms with Crippen LogP contribution in [-0.2, 0) is 4.79 Å². The number of hydrogen-bond donors (Lipinski definition) is 1. The van der Waals surface area contributed by atoms with Crippen LogP contribution in [-0.4, -0.2) is 35.5 Å². The fraction of sp³-hybridized carbons (Fsp3) is 0.278. The first-order valence-corrected chi connectivity index (χ1v) is 8.96. The number of carbonyl (C=O) groups excluding carboxylic acids is 1. The van der Waals surface area contributed by atoms with Gasteiger partial charge in [-0.2, -0.15) is 0 Å². The van der Waals surface area contributed by atoms with Crippen molar-refractivity contribution in [3.63, 3.8) is 0 Å². The van der Waals surface area contributed by atoms with Gasteiger partial charge in [-0.05, 0) is 37.6 Å². The fourth-order valence-corrected chi connectivity index (χ4v) is 3.72. The number of likely N-dealkylation sites (N-methyl/N-ethyl adjacent to an activating group) is 2. The monoisotopic (exact) mass is 358 g/mol. The van der Waals surface area contributed by atoms with Gasteiger partial charge in [0, 0.05) is 18.0 Å². The molecule has 1 amide bonds. The summed E-state index contributed by atoms with van der Waals surface area (Å²) in [5, 5.41) is 2.81. The number of halogens is 1. The van der Waals surface area contributed by atoms with Crippen molar-refractivity contribution in [2.75, 3.05) is 24.5 Å². The molecular formula is C18H19FN4OS. The summed E-state index contributed by atoms with van der Waals surface area (Å²) < 4.78 is 14.1. The summed E-state index contributed by atoms with van der Waals surface area (Å²) in [6.45, 7) is 5.39. The lowest BCUT2D eigenvalue weighted by Gasteiger charge is -2.21. The van der Waals surface area contributed by atoms with Crippen LogP contribution in [0.1, 0.15) is 13.8 Å². The highest BCUT2D eigenvalue weighted by molar-refractivity contribution is 7.22. The van der Waals surface area contributed by atoms with E-state index in [4.69, 9.17) is 0 Å². The molecule has 130 valence electrons. The maximum Gasteiger partial charge on any atom is 0.239 e. The Balaban J connectivity index is 1.98. The average Bonchev–Trinajstić information content (AvgIpc) is 3.05. The van der Waals surface area contributed by atoms with Crippen molar-refractivity contribution in [2.24, 2.45) is 0 Å². The zero-order valence-corrected chi connectivity index (χ0v) is 14.9. The smallest absolute Gasteiger partial charge is 0.239 e. The molecule has 0 spiro atoms. The van der Waals surface area contributed by atoms with Crippen LogP contribution in [0.2, 0.25) is 0 Å². The molecule has 2 heterocycles. The van der Waals surface area contributed by atoms with E-state index in [9.17, 15) is 9.18 Å². The molecule has 3 aromatic rings. The van der Waals surface area contributed by atoms with E-state index in [1.807, 2.05) is 24.8 Å². The molecule has 2 aromatic heterocycles. The number of benzene rings is 1. The first kappa shape index (κ1) is 17.3. The van der Waals surface area contributed by atoms with Gasteiger partial charge in [-0.15, -0.1) is 11.3 Å². The third-order valence-electron chi connectivity index (χ3n) is 3.81. The summed E-state index contributed by atoms with van der Waals surface area (Å²) >= 11 is 1.55. The van der Waals surface area contributed by atoms with Crippen LogP contribution in [0.3, 0.4) is 0 Å². The molecule has 0 aliphatic carbocycles. The maximum atomic E-state index is 13.1. The van der Waals surface area contributed by atoms with Crippen LogP contribution >= 0.6 is 11.3 Å². The molecule has 7 heteroatoms. The summed E-state index contributed by atoms with van der Waals surface area (Å²) in [6, 6.07) is 8.36. The van der Waals surface area contributed by atoms with Crippen molar-refractivity contribution in [1.29, 1.82) is 0 Å². The van der Waals surface area contributed by atoms with Crippen LogP contribution < -0.4 is 10.2 Å². The molecule has 1 N–H and O–H groups in total. The van der Waals surface area contributed by atoms with Gasteiger partial charge in [0.15, 0.2) is 5.82 Å². The van der Waals surface area contributed by atoms with Gasteiger partial charge in [-0.25, -0.2) is 14.4 Å². The van der Waals surface area contributed by atoms with Crippen LogP contribution in [0, 0.1) is 5.82 Å². The molecule has 0 bridgehead atoms. The van der Waals surface area contributed by atoms with Gasteiger partial charge in [0.25, 0.3) is 0 Å². The van der Waals surface area contributed by atoms with E-state index in [2.05, 4.69) is 15.3 Å². The van der Waals surface area contributed by atoms with Gasteiger partial charge < -0.3 is 10.2 Å². The molecule has 0 fully saturated rings. The molecule has 0 atom stereocenters. The van der Waals surface area contributed by atoms with Crippen molar-refractivity contribution >= 4 is 33.3 Å². The average molecular weight is 358 g/mol. The molecule has 5 nitrogen and oxygen atoms in total. The Morgan fingerprint density at radius 2 is 2.00 bits per heavy atom. The third kappa shape index (κ3) is 3.76. The van der Waals surface area contributed by atoms with Gasteiger partial charge in [0.05, 0.1) is 16.8 Å². The number of aromatic nitrogens is 2. The number of carbonyl (C=O) groups is 1. The number of hydrogen-bond acceptors (Lipinski definition) is 5. The van der Waals surface area contributed by atoms with E-state index < -0.39 is 0 Å². The van der Waals surface area contributed by atoms with Crippen molar-refractivity contribution in [3.05, 3.63) is 42.5 Å². The minimum absolute atomic E-state index is 0.0357. The topological polar surface area (TPSA) is 58.1 Å². The molecule has 1 aromatic carbocycles. The number of anilines is 1. The highest BCUT2D eigenvalue weighted by Gasteiger charge is 2.17. The Hall–Kier alpha value is -2.54. The predicted octanol–water partition coefficient (Wildman–Crippen LogP) is 3.46. The Bertz CT molecular complexity index is 878. The predicted molar refractivity (Wildman–Crippen MR) is 99.4 cm³/mol. The van der Waals surface area contributed by atoms with Crippen molar-refractivity contribution in [3.8, 4) is 10.4 Å². The number of thiophene rings is 1. The largest absolute Gasteiger partial charge is 0.355 e. The van der Waals surface area contributed by atoms with Crippen LogP contribution in [0.15, 0.2) is 36.7 Å². The lowest BCUT2D eigenvalue weighted by molar-refractivity contribution is -0.119. The molecule has 0 saturated heterocycles. The zero-order valence-electron chi connectivity index (χ0n) is 14.1. The highest BCUT2D eigenvalue weighted by Crippen LogP contribution is 2.36. The van der Waals surface area contributed by atoms with Crippen molar-refractivity contribution < 1.29 is 9.18 Å². The molecule has 0 saturated carbocycles. The second-order valence-electron chi connectivity index (χ2n) is 5.50. The van der Waals surface area contributed by atoms with E-state index >= 15 is 0 Å². The number of rotatable bonds is 6.